The number of imidazole rings is 1. The predicted octanol–water partition coefficient (Wildman–Crippen LogP) is 0.746. The van der Waals surface area contributed by atoms with E-state index >= 15 is 0 Å². The normalized spacial score (nSPS) is 10.5. The summed E-state index contributed by atoms with van der Waals surface area (Å²) in [4.78, 5) is 4.16. The van der Waals surface area contributed by atoms with Crippen LogP contribution in [0.25, 0.3) is 0 Å². The zero-order valence-electron chi connectivity index (χ0n) is 7.04. The lowest BCUT2D eigenvalue weighted by Crippen LogP contribution is -2.07. The van der Waals surface area contributed by atoms with E-state index in [1.165, 1.54) is 5.69 Å². The molecule has 0 amide bonds. The molecule has 0 saturated carbocycles. The number of hydrogen-bond donors (Lipinski definition) is 1. The number of nitrogens with zero attached hydrogens (tertiary/aromatic N) is 2. The molecule has 11 heavy (non-hydrogen) atoms. The molecule has 0 unspecified atom stereocenters. The molecule has 0 atom stereocenters. The predicted molar refractivity (Wildman–Crippen MR) is 43.4 cm³/mol. The molecule has 1 rings (SSSR count). The van der Waals surface area contributed by atoms with Gasteiger partial charge >= 0.3 is 0 Å². The van der Waals surface area contributed by atoms with Crippen LogP contribution in [0.4, 0.5) is 0 Å². The molecular formula is C8H14N2O. The SMILES string of the molecule is CCc1cnc(C)n1CCO. The van der Waals surface area contributed by atoms with E-state index in [0.29, 0.717) is 6.54 Å². The molecule has 0 aliphatic rings. The fourth-order valence-electron chi connectivity index (χ4n) is 1.20. The van der Waals surface area contributed by atoms with Gasteiger partial charge in [-0.1, -0.05) is 6.92 Å². The number of rotatable bonds is 3. The highest BCUT2D eigenvalue weighted by Gasteiger charge is 2.02. The summed E-state index contributed by atoms with van der Waals surface area (Å²) in [5.41, 5.74) is 1.19. The molecule has 0 aromatic carbocycles. The van der Waals surface area contributed by atoms with Crippen LogP contribution in [0.1, 0.15) is 18.4 Å². The molecule has 3 heteroatoms. The Morgan fingerprint density at radius 1 is 1.64 bits per heavy atom. The first-order valence-corrected chi connectivity index (χ1v) is 3.91. The van der Waals surface area contributed by atoms with E-state index in [9.17, 15) is 0 Å². The molecule has 62 valence electrons. The Morgan fingerprint density at radius 3 is 2.91 bits per heavy atom. The summed E-state index contributed by atoms with van der Waals surface area (Å²) in [6.45, 7) is 4.89. The monoisotopic (exact) mass is 154 g/mol. The number of aryl methyl sites for hydroxylation is 2. The Bertz CT molecular complexity index is 230. The summed E-state index contributed by atoms with van der Waals surface area (Å²) in [6, 6.07) is 0. The van der Waals surface area contributed by atoms with Crippen molar-refractivity contribution < 1.29 is 5.11 Å². The molecule has 1 aromatic rings. The molecule has 0 radical (unpaired) electrons. The van der Waals surface area contributed by atoms with Crippen LogP contribution in [-0.4, -0.2) is 21.3 Å². The van der Waals surface area contributed by atoms with Gasteiger partial charge in [-0.25, -0.2) is 4.98 Å². The molecule has 0 spiro atoms. The van der Waals surface area contributed by atoms with E-state index in [1.807, 2.05) is 17.7 Å². The van der Waals surface area contributed by atoms with Crippen LogP contribution in [0.15, 0.2) is 6.20 Å². The standard InChI is InChI=1S/C8H14N2O/c1-3-8-6-9-7(2)10(8)4-5-11/h6,11H,3-5H2,1-2H3. The third-order valence-corrected chi connectivity index (χ3v) is 1.82. The van der Waals surface area contributed by atoms with Crippen molar-refractivity contribution >= 4 is 0 Å². The van der Waals surface area contributed by atoms with Crippen LogP contribution in [0.5, 0.6) is 0 Å². The van der Waals surface area contributed by atoms with Gasteiger partial charge in [-0.3, -0.25) is 0 Å². The minimum absolute atomic E-state index is 0.185. The first-order valence-electron chi connectivity index (χ1n) is 3.91. The Balaban J connectivity index is 2.88. The van der Waals surface area contributed by atoms with Crippen molar-refractivity contribution in [2.45, 2.75) is 26.8 Å². The van der Waals surface area contributed by atoms with E-state index in [0.717, 1.165) is 12.2 Å². The van der Waals surface area contributed by atoms with Gasteiger partial charge in [-0.05, 0) is 13.3 Å². The van der Waals surface area contributed by atoms with Gasteiger partial charge in [0.1, 0.15) is 5.82 Å². The maximum absolute atomic E-state index is 8.73. The molecule has 3 nitrogen and oxygen atoms in total. The molecule has 0 fully saturated rings. The van der Waals surface area contributed by atoms with Gasteiger partial charge in [0.2, 0.25) is 0 Å². The lowest BCUT2D eigenvalue weighted by atomic mass is 10.3. The topological polar surface area (TPSA) is 38.0 Å². The van der Waals surface area contributed by atoms with E-state index in [2.05, 4.69) is 11.9 Å². The molecule has 1 heterocycles. The van der Waals surface area contributed by atoms with Gasteiger partial charge in [0, 0.05) is 18.4 Å². The van der Waals surface area contributed by atoms with Gasteiger partial charge < -0.3 is 9.67 Å². The van der Waals surface area contributed by atoms with E-state index in [1.54, 1.807) is 0 Å². The van der Waals surface area contributed by atoms with Gasteiger partial charge in [-0.15, -0.1) is 0 Å². The largest absolute Gasteiger partial charge is 0.395 e. The average molecular weight is 154 g/mol. The molecule has 0 aliphatic heterocycles. The number of hydrogen-bond acceptors (Lipinski definition) is 2. The summed E-state index contributed by atoms with van der Waals surface area (Å²) >= 11 is 0. The highest BCUT2D eigenvalue weighted by molar-refractivity contribution is 5.03. The third-order valence-electron chi connectivity index (χ3n) is 1.82. The van der Waals surface area contributed by atoms with Gasteiger partial charge in [0.25, 0.3) is 0 Å². The zero-order valence-corrected chi connectivity index (χ0v) is 7.04. The minimum Gasteiger partial charge on any atom is -0.395 e. The Hall–Kier alpha value is -0.830. The minimum atomic E-state index is 0.185. The van der Waals surface area contributed by atoms with E-state index in [-0.39, 0.29) is 6.61 Å². The van der Waals surface area contributed by atoms with Gasteiger partial charge in [0.15, 0.2) is 0 Å². The molecule has 0 saturated heterocycles. The van der Waals surface area contributed by atoms with Crippen LogP contribution in [0.3, 0.4) is 0 Å². The fraction of sp³-hybridized carbons (Fsp3) is 0.625. The molecule has 1 N–H and O–H groups in total. The lowest BCUT2D eigenvalue weighted by Gasteiger charge is -2.05. The van der Waals surface area contributed by atoms with Crippen LogP contribution >= 0.6 is 0 Å². The zero-order chi connectivity index (χ0) is 8.27. The van der Waals surface area contributed by atoms with Crippen LogP contribution in [0, 0.1) is 6.92 Å². The maximum Gasteiger partial charge on any atom is 0.105 e. The van der Waals surface area contributed by atoms with Crippen LogP contribution in [0.2, 0.25) is 0 Å². The van der Waals surface area contributed by atoms with Crippen molar-refractivity contribution in [3.63, 3.8) is 0 Å². The lowest BCUT2D eigenvalue weighted by molar-refractivity contribution is 0.273. The third kappa shape index (κ3) is 1.60. The first kappa shape index (κ1) is 8.27. The van der Waals surface area contributed by atoms with E-state index in [4.69, 9.17) is 5.11 Å². The number of aliphatic hydroxyl groups is 1. The van der Waals surface area contributed by atoms with Crippen molar-refractivity contribution in [3.05, 3.63) is 17.7 Å². The van der Waals surface area contributed by atoms with Crippen molar-refractivity contribution in [1.82, 2.24) is 9.55 Å². The highest BCUT2D eigenvalue weighted by Crippen LogP contribution is 2.04. The van der Waals surface area contributed by atoms with Gasteiger partial charge in [0.05, 0.1) is 6.61 Å². The van der Waals surface area contributed by atoms with Crippen molar-refractivity contribution in [2.75, 3.05) is 6.61 Å². The molecular weight excluding hydrogens is 140 g/mol. The number of aromatic nitrogens is 2. The summed E-state index contributed by atoms with van der Waals surface area (Å²) in [5, 5.41) is 8.73. The molecule has 0 bridgehead atoms. The highest BCUT2D eigenvalue weighted by atomic mass is 16.3. The summed E-state index contributed by atoms with van der Waals surface area (Å²) in [7, 11) is 0. The maximum atomic E-state index is 8.73. The first-order chi connectivity index (χ1) is 5.29. The van der Waals surface area contributed by atoms with Crippen molar-refractivity contribution in [1.29, 1.82) is 0 Å². The van der Waals surface area contributed by atoms with Crippen LogP contribution in [-0.2, 0) is 13.0 Å². The fourth-order valence-corrected chi connectivity index (χ4v) is 1.20. The quantitative estimate of drug-likeness (QED) is 0.697. The second kappa shape index (κ2) is 3.53. The summed E-state index contributed by atoms with van der Waals surface area (Å²) in [6.07, 6.45) is 2.84. The van der Waals surface area contributed by atoms with E-state index < -0.39 is 0 Å². The summed E-state index contributed by atoms with van der Waals surface area (Å²) < 4.78 is 2.04. The van der Waals surface area contributed by atoms with Crippen molar-refractivity contribution in [3.8, 4) is 0 Å². The average Bonchev–Trinajstić information content (AvgIpc) is 2.34. The summed E-state index contributed by atoms with van der Waals surface area (Å²) in [5.74, 6) is 0.982. The van der Waals surface area contributed by atoms with Gasteiger partial charge in [-0.2, -0.15) is 0 Å². The Labute approximate surface area is 66.7 Å². The second-order valence-electron chi connectivity index (χ2n) is 2.53. The Morgan fingerprint density at radius 2 is 2.36 bits per heavy atom. The molecule has 0 aliphatic carbocycles. The number of aliphatic hydroxyl groups excluding tert-OH is 1. The van der Waals surface area contributed by atoms with Crippen molar-refractivity contribution in [2.24, 2.45) is 0 Å². The smallest absolute Gasteiger partial charge is 0.105 e. The second-order valence-corrected chi connectivity index (χ2v) is 2.53. The Kier molecular flexibility index (Phi) is 2.65. The van der Waals surface area contributed by atoms with Crippen LogP contribution < -0.4 is 0 Å². The molecule has 1 aromatic heterocycles.